The highest BCUT2D eigenvalue weighted by molar-refractivity contribution is 6.05. The Morgan fingerprint density at radius 3 is 2.95 bits per heavy atom. The topological polar surface area (TPSA) is 72.9 Å². The van der Waals surface area contributed by atoms with Gasteiger partial charge >= 0.3 is 0 Å². The number of halogens is 1. The maximum Gasteiger partial charge on any atom is 0.257 e. The summed E-state index contributed by atoms with van der Waals surface area (Å²) in [6.07, 6.45) is 1.73. The maximum absolute atomic E-state index is 13.2. The summed E-state index contributed by atoms with van der Waals surface area (Å²) in [5, 5.41) is 6.76. The van der Waals surface area contributed by atoms with Crippen LogP contribution in [0.3, 0.4) is 0 Å². The van der Waals surface area contributed by atoms with Crippen LogP contribution in [0, 0.1) is 12.7 Å². The first-order valence-electron chi connectivity index (χ1n) is 5.81. The van der Waals surface area contributed by atoms with Crippen molar-refractivity contribution in [1.29, 1.82) is 0 Å². The summed E-state index contributed by atoms with van der Waals surface area (Å²) in [6, 6.07) is 4.08. The third-order valence-corrected chi connectivity index (χ3v) is 2.80. The Hall–Kier alpha value is -2.21. The number of aryl methyl sites for hydroxylation is 2. The largest absolute Gasteiger partial charge is 0.326 e. The minimum atomic E-state index is -0.448. The summed E-state index contributed by atoms with van der Waals surface area (Å²) in [5.74, 6) is -0.445. The molecule has 0 saturated heterocycles. The molecule has 0 fully saturated rings. The van der Waals surface area contributed by atoms with E-state index < -0.39 is 11.7 Å². The predicted octanol–water partition coefficient (Wildman–Crippen LogP) is 1.58. The lowest BCUT2D eigenvalue weighted by Crippen LogP contribution is -2.15. The van der Waals surface area contributed by atoms with E-state index in [1.54, 1.807) is 30.9 Å². The molecule has 6 heteroatoms. The number of rotatable bonds is 3. The monoisotopic (exact) mass is 262 g/mol. The molecule has 19 heavy (non-hydrogen) atoms. The van der Waals surface area contributed by atoms with E-state index in [9.17, 15) is 9.18 Å². The molecular weight excluding hydrogens is 247 g/mol. The molecule has 0 aliphatic heterocycles. The highest BCUT2D eigenvalue weighted by atomic mass is 19.1. The zero-order valence-electron chi connectivity index (χ0n) is 10.8. The van der Waals surface area contributed by atoms with E-state index >= 15 is 0 Å². The molecule has 0 bridgehead atoms. The lowest BCUT2D eigenvalue weighted by atomic mass is 10.1. The number of hydrogen-bond donors (Lipinski definition) is 2. The Kier molecular flexibility index (Phi) is 3.62. The van der Waals surface area contributed by atoms with Crippen LogP contribution in [0.5, 0.6) is 0 Å². The molecule has 1 heterocycles. The average Bonchev–Trinajstić information content (AvgIpc) is 2.72. The van der Waals surface area contributed by atoms with Crippen molar-refractivity contribution in [3.63, 3.8) is 0 Å². The van der Waals surface area contributed by atoms with E-state index in [2.05, 4.69) is 10.4 Å². The summed E-state index contributed by atoms with van der Waals surface area (Å²) in [6.45, 7) is 2.02. The number of carbonyl (C=O) groups is 1. The quantitative estimate of drug-likeness (QED) is 0.882. The van der Waals surface area contributed by atoms with Gasteiger partial charge in [-0.3, -0.25) is 9.48 Å². The van der Waals surface area contributed by atoms with Crippen LogP contribution in [-0.4, -0.2) is 15.7 Å². The van der Waals surface area contributed by atoms with Crippen LogP contribution in [0.2, 0.25) is 0 Å². The smallest absolute Gasteiger partial charge is 0.257 e. The second kappa shape index (κ2) is 5.19. The normalized spacial score (nSPS) is 10.5. The highest BCUT2D eigenvalue weighted by Crippen LogP contribution is 2.15. The number of hydrogen-bond acceptors (Lipinski definition) is 3. The second-order valence-corrected chi connectivity index (χ2v) is 4.29. The van der Waals surface area contributed by atoms with Crippen molar-refractivity contribution in [3.05, 3.63) is 46.9 Å². The van der Waals surface area contributed by atoms with Gasteiger partial charge < -0.3 is 11.1 Å². The summed E-state index contributed by atoms with van der Waals surface area (Å²) in [4.78, 5) is 12.1. The third-order valence-electron chi connectivity index (χ3n) is 2.80. The zero-order valence-corrected chi connectivity index (χ0v) is 10.8. The van der Waals surface area contributed by atoms with Gasteiger partial charge in [-0.05, 0) is 24.6 Å². The van der Waals surface area contributed by atoms with Crippen molar-refractivity contribution < 1.29 is 9.18 Å². The SMILES string of the molecule is Cc1ccc(F)cc1C(=O)Nc1nn(C)cc1CN. The van der Waals surface area contributed by atoms with Crippen molar-refractivity contribution in [2.24, 2.45) is 12.8 Å². The standard InChI is InChI=1S/C13H15FN4O/c1-8-3-4-10(14)5-11(8)13(19)16-12-9(6-15)7-18(2)17-12/h3-5,7H,6,15H2,1-2H3,(H,16,17,19). The van der Waals surface area contributed by atoms with E-state index in [-0.39, 0.29) is 12.1 Å². The number of aromatic nitrogens is 2. The first-order valence-corrected chi connectivity index (χ1v) is 5.81. The van der Waals surface area contributed by atoms with Gasteiger partial charge in [0.15, 0.2) is 5.82 Å². The van der Waals surface area contributed by atoms with Gasteiger partial charge in [-0.25, -0.2) is 4.39 Å². The summed E-state index contributed by atoms with van der Waals surface area (Å²) >= 11 is 0. The molecule has 1 amide bonds. The molecular formula is C13H15FN4O. The number of nitrogens with one attached hydrogen (secondary N) is 1. The lowest BCUT2D eigenvalue weighted by molar-refractivity contribution is 0.102. The number of nitrogens with zero attached hydrogens (tertiary/aromatic N) is 2. The van der Waals surface area contributed by atoms with Gasteiger partial charge in [0.2, 0.25) is 0 Å². The molecule has 0 atom stereocenters. The summed E-state index contributed by atoms with van der Waals surface area (Å²) in [5.41, 5.74) is 7.28. The molecule has 0 saturated carbocycles. The van der Waals surface area contributed by atoms with Gasteiger partial charge in [0.1, 0.15) is 5.82 Å². The molecule has 3 N–H and O–H groups in total. The highest BCUT2D eigenvalue weighted by Gasteiger charge is 2.14. The van der Waals surface area contributed by atoms with E-state index in [1.807, 2.05) is 0 Å². The van der Waals surface area contributed by atoms with Gasteiger partial charge in [-0.1, -0.05) is 6.07 Å². The van der Waals surface area contributed by atoms with Gasteiger partial charge in [0.25, 0.3) is 5.91 Å². The van der Waals surface area contributed by atoms with Crippen molar-refractivity contribution in [2.45, 2.75) is 13.5 Å². The van der Waals surface area contributed by atoms with Gasteiger partial charge in [0.05, 0.1) is 0 Å². The van der Waals surface area contributed by atoms with Crippen molar-refractivity contribution in [1.82, 2.24) is 9.78 Å². The van der Waals surface area contributed by atoms with Crippen LogP contribution >= 0.6 is 0 Å². The number of carbonyl (C=O) groups excluding carboxylic acids is 1. The Morgan fingerprint density at radius 1 is 1.53 bits per heavy atom. The van der Waals surface area contributed by atoms with Crippen LogP contribution in [0.1, 0.15) is 21.5 Å². The summed E-state index contributed by atoms with van der Waals surface area (Å²) in [7, 11) is 1.74. The first kappa shape index (κ1) is 13.2. The molecule has 0 aliphatic carbocycles. The van der Waals surface area contributed by atoms with Crippen molar-refractivity contribution >= 4 is 11.7 Å². The molecule has 0 unspecified atom stereocenters. The number of benzene rings is 1. The molecule has 1 aromatic heterocycles. The Labute approximate surface area is 110 Å². The number of nitrogens with two attached hydrogens (primary N) is 1. The van der Waals surface area contributed by atoms with Crippen molar-refractivity contribution in [2.75, 3.05) is 5.32 Å². The van der Waals surface area contributed by atoms with E-state index in [4.69, 9.17) is 5.73 Å². The van der Waals surface area contributed by atoms with Gasteiger partial charge in [0, 0.05) is 30.9 Å². The fraction of sp³-hybridized carbons (Fsp3) is 0.231. The molecule has 2 aromatic rings. The number of amides is 1. The molecule has 2 rings (SSSR count). The first-order chi connectivity index (χ1) is 9.01. The van der Waals surface area contributed by atoms with E-state index in [1.165, 1.54) is 12.1 Å². The molecule has 100 valence electrons. The zero-order chi connectivity index (χ0) is 14.0. The summed E-state index contributed by atoms with van der Waals surface area (Å²) < 4.78 is 14.7. The molecule has 0 radical (unpaired) electrons. The number of anilines is 1. The maximum atomic E-state index is 13.2. The van der Waals surface area contributed by atoms with Crippen LogP contribution in [0.25, 0.3) is 0 Å². The second-order valence-electron chi connectivity index (χ2n) is 4.29. The molecule has 5 nitrogen and oxygen atoms in total. The van der Waals surface area contributed by atoms with Crippen LogP contribution < -0.4 is 11.1 Å². The molecule has 0 spiro atoms. The fourth-order valence-electron chi connectivity index (χ4n) is 1.81. The van der Waals surface area contributed by atoms with Crippen LogP contribution in [0.4, 0.5) is 10.2 Å². The Balaban J connectivity index is 2.27. The molecule has 1 aromatic carbocycles. The predicted molar refractivity (Wildman–Crippen MR) is 70.2 cm³/mol. The van der Waals surface area contributed by atoms with Crippen LogP contribution in [-0.2, 0) is 13.6 Å². The van der Waals surface area contributed by atoms with Gasteiger partial charge in [-0.15, -0.1) is 0 Å². The Bertz CT molecular complexity index is 621. The van der Waals surface area contributed by atoms with Crippen LogP contribution in [0.15, 0.2) is 24.4 Å². The van der Waals surface area contributed by atoms with Crippen molar-refractivity contribution in [3.8, 4) is 0 Å². The van der Waals surface area contributed by atoms with E-state index in [0.29, 0.717) is 11.4 Å². The minimum absolute atomic E-state index is 0.269. The Morgan fingerprint density at radius 2 is 2.26 bits per heavy atom. The van der Waals surface area contributed by atoms with E-state index in [0.717, 1.165) is 5.56 Å². The third kappa shape index (κ3) is 2.79. The molecule has 0 aliphatic rings. The van der Waals surface area contributed by atoms with Gasteiger partial charge in [-0.2, -0.15) is 5.10 Å². The lowest BCUT2D eigenvalue weighted by Gasteiger charge is -2.06. The minimum Gasteiger partial charge on any atom is -0.326 e. The average molecular weight is 262 g/mol. The fourth-order valence-corrected chi connectivity index (χ4v) is 1.81.